The third-order valence-corrected chi connectivity index (χ3v) is 5.10. The highest BCUT2D eigenvalue weighted by molar-refractivity contribution is 6.30. The van der Waals surface area contributed by atoms with Gasteiger partial charge in [0.05, 0.1) is 19.0 Å². The van der Waals surface area contributed by atoms with E-state index in [0.29, 0.717) is 31.0 Å². The summed E-state index contributed by atoms with van der Waals surface area (Å²) in [5.41, 5.74) is 6.21. The predicted octanol–water partition coefficient (Wildman–Crippen LogP) is 1.16. The monoisotopic (exact) mass is 349 g/mol. The Labute approximate surface area is 145 Å². The molecule has 1 atom stereocenters. The van der Waals surface area contributed by atoms with Crippen molar-refractivity contribution >= 4 is 29.3 Å². The number of nitrogens with zero attached hydrogens (tertiary/aromatic N) is 2. The summed E-state index contributed by atoms with van der Waals surface area (Å²) in [6.07, 6.45) is 1.49. The first kappa shape index (κ1) is 16.9. The van der Waals surface area contributed by atoms with Crippen LogP contribution in [0.3, 0.4) is 0 Å². The number of hydrogen-bond acceptors (Lipinski definition) is 4. The van der Waals surface area contributed by atoms with Gasteiger partial charge in [0, 0.05) is 10.9 Å². The molecule has 2 aliphatic heterocycles. The first-order chi connectivity index (χ1) is 11.5. The molecule has 128 valence electrons. The van der Waals surface area contributed by atoms with E-state index < -0.39 is 6.04 Å². The largest absolute Gasteiger partial charge is 0.369 e. The molecule has 0 saturated carbocycles. The number of carbonyl (C=O) groups excluding carboxylic acids is 3. The van der Waals surface area contributed by atoms with Crippen molar-refractivity contribution in [2.45, 2.75) is 31.8 Å². The van der Waals surface area contributed by atoms with E-state index in [1.807, 2.05) is 17.0 Å². The third kappa shape index (κ3) is 3.44. The molecule has 0 unspecified atom stereocenters. The van der Waals surface area contributed by atoms with Gasteiger partial charge < -0.3 is 5.73 Å². The number of benzene rings is 1. The number of nitrogens with two attached hydrogens (primary N) is 1. The average molecular weight is 350 g/mol. The van der Waals surface area contributed by atoms with Gasteiger partial charge in [-0.2, -0.15) is 0 Å². The Bertz CT molecular complexity index is 654. The third-order valence-electron chi connectivity index (χ3n) is 4.85. The van der Waals surface area contributed by atoms with Gasteiger partial charge in [-0.1, -0.05) is 23.7 Å². The van der Waals surface area contributed by atoms with Crippen LogP contribution in [0.5, 0.6) is 0 Å². The summed E-state index contributed by atoms with van der Waals surface area (Å²) in [4.78, 5) is 39.5. The summed E-state index contributed by atoms with van der Waals surface area (Å²) < 4.78 is 0. The molecule has 7 heteroatoms. The maximum Gasteiger partial charge on any atom is 0.247 e. The van der Waals surface area contributed by atoms with E-state index in [4.69, 9.17) is 17.3 Å². The van der Waals surface area contributed by atoms with Crippen LogP contribution in [0, 0.1) is 5.92 Å². The molecule has 2 fully saturated rings. The molecule has 24 heavy (non-hydrogen) atoms. The van der Waals surface area contributed by atoms with Crippen LogP contribution < -0.4 is 5.73 Å². The lowest BCUT2D eigenvalue weighted by Crippen LogP contribution is -2.47. The summed E-state index contributed by atoms with van der Waals surface area (Å²) >= 11 is 5.86. The minimum atomic E-state index is -0.418. The van der Waals surface area contributed by atoms with Gasteiger partial charge in [-0.25, -0.2) is 0 Å². The number of likely N-dealkylation sites (tertiary alicyclic amines) is 2. The highest BCUT2D eigenvalue weighted by atomic mass is 35.5. The Kier molecular flexibility index (Phi) is 4.87. The zero-order valence-corrected chi connectivity index (χ0v) is 14.0. The molecule has 1 aromatic carbocycles. The molecule has 2 heterocycles. The van der Waals surface area contributed by atoms with E-state index in [2.05, 4.69) is 0 Å². The number of rotatable bonds is 4. The van der Waals surface area contributed by atoms with Crippen LogP contribution in [0.25, 0.3) is 0 Å². The standard InChI is InChI=1S/C17H20ClN3O3/c18-13-3-1-11(2-4-13)10-21-15(22)9-14(17(21)24)20-7-5-12(6-8-20)16(19)23/h1-4,12,14H,5-10H2,(H2,19,23)/t14-/m1/s1. The lowest BCUT2D eigenvalue weighted by atomic mass is 9.95. The van der Waals surface area contributed by atoms with Crippen LogP contribution in [0.1, 0.15) is 24.8 Å². The molecule has 2 aliphatic rings. The van der Waals surface area contributed by atoms with Gasteiger partial charge in [0.25, 0.3) is 0 Å². The Hall–Kier alpha value is -1.92. The van der Waals surface area contributed by atoms with Crippen LogP contribution in [0.2, 0.25) is 5.02 Å². The SMILES string of the molecule is NC(=O)C1CCN([C@@H]2CC(=O)N(Cc3ccc(Cl)cc3)C2=O)CC1. The highest BCUT2D eigenvalue weighted by Crippen LogP contribution is 2.26. The number of imide groups is 1. The topological polar surface area (TPSA) is 83.7 Å². The minimum Gasteiger partial charge on any atom is -0.369 e. The van der Waals surface area contributed by atoms with Crippen molar-refractivity contribution in [2.75, 3.05) is 13.1 Å². The number of primary amides is 1. The van der Waals surface area contributed by atoms with Crippen molar-refractivity contribution in [2.24, 2.45) is 11.7 Å². The second kappa shape index (κ2) is 6.91. The molecule has 0 bridgehead atoms. The van der Waals surface area contributed by atoms with Crippen LogP contribution >= 0.6 is 11.6 Å². The van der Waals surface area contributed by atoms with E-state index in [-0.39, 0.29) is 36.6 Å². The average Bonchev–Trinajstić information content (AvgIpc) is 2.85. The van der Waals surface area contributed by atoms with E-state index >= 15 is 0 Å². The summed E-state index contributed by atoms with van der Waals surface area (Å²) in [6, 6.07) is 6.70. The minimum absolute atomic E-state index is 0.126. The zero-order valence-electron chi connectivity index (χ0n) is 13.3. The smallest absolute Gasteiger partial charge is 0.247 e. The van der Waals surface area contributed by atoms with Crippen molar-refractivity contribution in [3.63, 3.8) is 0 Å². The van der Waals surface area contributed by atoms with Gasteiger partial charge in [-0.05, 0) is 43.6 Å². The molecule has 0 aromatic heterocycles. The van der Waals surface area contributed by atoms with Crippen LogP contribution in [-0.4, -0.2) is 46.7 Å². The Balaban J connectivity index is 1.64. The van der Waals surface area contributed by atoms with Gasteiger partial charge in [0.15, 0.2) is 0 Å². The maximum atomic E-state index is 12.6. The van der Waals surface area contributed by atoms with Crippen molar-refractivity contribution in [1.82, 2.24) is 9.80 Å². The molecule has 6 nitrogen and oxygen atoms in total. The number of halogens is 1. The highest BCUT2D eigenvalue weighted by Gasteiger charge is 2.42. The van der Waals surface area contributed by atoms with Gasteiger partial charge in [0.1, 0.15) is 0 Å². The Morgan fingerprint density at radius 3 is 2.38 bits per heavy atom. The Morgan fingerprint density at radius 1 is 1.17 bits per heavy atom. The van der Waals surface area contributed by atoms with Crippen LogP contribution in [0.4, 0.5) is 0 Å². The molecule has 3 amide bonds. The van der Waals surface area contributed by atoms with Gasteiger partial charge in [-0.3, -0.25) is 24.2 Å². The van der Waals surface area contributed by atoms with Gasteiger partial charge >= 0.3 is 0 Å². The summed E-state index contributed by atoms with van der Waals surface area (Å²) in [5.74, 6) is -0.726. The van der Waals surface area contributed by atoms with Crippen molar-refractivity contribution in [1.29, 1.82) is 0 Å². The molecule has 3 rings (SSSR count). The Morgan fingerprint density at radius 2 is 1.79 bits per heavy atom. The van der Waals surface area contributed by atoms with Crippen molar-refractivity contribution in [3.8, 4) is 0 Å². The number of hydrogen-bond donors (Lipinski definition) is 1. The molecule has 0 aliphatic carbocycles. The maximum absolute atomic E-state index is 12.6. The lowest BCUT2D eigenvalue weighted by molar-refractivity contribution is -0.140. The second-order valence-corrected chi connectivity index (χ2v) is 6.81. The molecule has 2 N–H and O–H groups in total. The second-order valence-electron chi connectivity index (χ2n) is 6.38. The predicted molar refractivity (Wildman–Crippen MR) is 88.9 cm³/mol. The summed E-state index contributed by atoms with van der Waals surface area (Å²) in [5, 5.41) is 0.619. The van der Waals surface area contributed by atoms with Crippen molar-refractivity contribution < 1.29 is 14.4 Å². The van der Waals surface area contributed by atoms with E-state index in [1.54, 1.807) is 12.1 Å². The van der Waals surface area contributed by atoms with Crippen LogP contribution in [0.15, 0.2) is 24.3 Å². The number of piperidine rings is 1. The fourth-order valence-electron chi connectivity index (χ4n) is 3.39. The van der Waals surface area contributed by atoms with Crippen LogP contribution in [-0.2, 0) is 20.9 Å². The first-order valence-electron chi connectivity index (χ1n) is 8.07. The zero-order chi connectivity index (χ0) is 17.3. The lowest BCUT2D eigenvalue weighted by Gasteiger charge is -2.33. The van der Waals surface area contributed by atoms with E-state index in [1.165, 1.54) is 4.90 Å². The van der Waals surface area contributed by atoms with E-state index in [9.17, 15) is 14.4 Å². The molecule has 0 spiro atoms. The van der Waals surface area contributed by atoms with Crippen molar-refractivity contribution in [3.05, 3.63) is 34.9 Å². The molecule has 0 radical (unpaired) electrons. The fourth-order valence-corrected chi connectivity index (χ4v) is 3.51. The summed E-state index contributed by atoms with van der Waals surface area (Å²) in [7, 11) is 0. The molecular weight excluding hydrogens is 330 g/mol. The van der Waals surface area contributed by atoms with Gasteiger partial charge in [0.2, 0.25) is 17.7 Å². The quantitative estimate of drug-likeness (QED) is 0.827. The summed E-state index contributed by atoms with van der Waals surface area (Å²) in [6.45, 7) is 1.50. The van der Waals surface area contributed by atoms with E-state index in [0.717, 1.165) is 5.56 Å². The van der Waals surface area contributed by atoms with Gasteiger partial charge in [-0.15, -0.1) is 0 Å². The number of carbonyl (C=O) groups is 3. The molecule has 1 aromatic rings. The first-order valence-corrected chi connectivity index (χ1v) is 8.45. The number of amides is 3. The molecular formula is C17H20ClN3O3. The normalized spacial score (nSPS) is 23.0. The fraction of sp³-hybridized carbons (Fsp3) is 0.471. The molecule has 2 saturated heterocycles.